The molecule has 0 aliphatic carbocycles. The molecular weight excluding hydrogens is 356 g/mol. The Morgan fingerprint density at radius 2 is 1.61 bits per heavy atom. The van der Waals surface area contributed by atoms with Crippen molar-refractivity contribution in [1.29, 1.82) is 0 Å². The molecule has 142 valence electrons. The molecule has 2 aromatic heterocycles. The van der Waals surface area contributed by atoms with Crippen LogP contribution in [0, 0.1) is 0 Å². The number of hydrogen-bond donors (Lipinski definition) is 2. The van der Waals surface area contributed by atoms with Crippen molar-refractivity contribution in [2.24, 2.45) is 0 Å². The molecule has 0 saturated heterocycles. The van der Waals surface area contributed by atoms with Crippen LogP contribution in [0.15, 0.2) is 67.0 Å². The predicted molar refractivity (Wildman–Crippen MR) is 105 cm³/mol. The number of benzene rings is 1. The minimum atomic E-state index is -0.395. The fourth-order valence-electron chi connectivity index (χ4n) is 2.46. The second-order valence-corrected chi connectivity index (χ2v) is 5.86. The lowest BCUT2D eigenvalue weighted by molar-refractivity contribution is 0.0945. The topological polar surface area (TPSA) is 93.2 Å². The number of nitrogens with zero attached hydrogens (tertiary/aromatic N) is 2. The Bertz CT molecular complexity index is 943. The van der Waals surface area contributed by atoms with E-state index in [-0.39, 0.29) is 17.3 Å². The largest absolute Gasteiger partial charge is 0.494 e. The highest BCUT2D eigenvalue weighted by Crippen LogP contribution is 2.16. The summed E-state index contributed by atoms with van der Waals surface area (Å²) in [6.45, 7) is 2.83. The van der Waals surface area contributed by atoms with E-state index < -0.39 is 5.91 Å². The summed E-state index contributed by atoms with van der Waals surface area (Å²) in [5.41, 5.74) is 1.87. The molecule has 0 aliphatic rings. The van der Waals surface area contributed by atoms with Gasteiger partial charge in [-0.05, 0) is 61.0 Å². The molecule has 7 heteroatoms. The maximum Gasteiger partial charge on any atom is 0.274 e. The van der Waals surface area contributed by atoms with Crippen LogP contribution in [0.2, 0.25) is 0 Å². The summed E-state index contributed by atoms with van der Waals surface area (Å²) in [6.07, 6.45) is 3.32. The fourth-order valence-corrected chi connectivity index (χ4v) is 2.46. The molecule has 7 nitrogen and oxygen atoms in total. The Hall–Kier alpha value is -3.74. The third-order valence-corrected chi connectivity index (χ3v) is 3.84. The van der Waals surface area contributed by atoms with E-state index in [1.807, 2.05) is 19.1 Å². The van der Waals surface area contributed by atoms with Crippen molar-refractivity contribution in [2.75, 3.05) is 11.9 Å². The van der Waals surface area contributed by atoms with Crippen LogP contribution in [-0.2, 0) is 6.54 Å². The highest BCUT2D eigenvalue weighted by atomic mass is 16.5. The van der Waals surface area contributed by atoms with Crippen molar-refractivity contribution < 1.29 is 14.3 Å². The minimum Gasteiger partial charge on any atom is -0.494 e. The molecule has 3 rings (SSSR count). The molecule has 2 amide bonds. The zero-order valence-corrected chi connectivity index (χ0v) is 15.4. The quantitative estimate of drug-likeness (QED) is 0.661. The maximum absolute atomic E-state index is 12.4. The van der Waals surface area contributed by atoms with Gasteiger partial charge in [0.15, 0.2) is 0 Å². The van der Waals surface area contributed by atoms with Gasteiger partial charge in [0, 0.05) is 24.6 Å². The normalized spacial score (nSPS) is 10.2. The van der Waals surface area contributed by atoms with Gasteiger partial charge < -0.3 is 15.4 Å². The second-order valence-electron chi connectivity index (χ2n) is 5.86. The van der Waals surface area contributed by atoms with Gasteiger partial charge in [-0.15, -0.1) is 0 Å². The van der Waals surface area contributed by atoms with E-state index in [0.29, 0.717) is 18.8 Å². The van der Waals surface area contributed by atoms with E-state index in [2.05, 4.69) is 20.6 Å². The zero-order chi connectivity index (χ0) is 19.8. The molecule has 0 atom stereocenters. The number of carbonyl (C=O) groups excluding carboxylic acids is 2. The predicted octanol–water partition coefficient (Wildman–Crippen LogP) is 3.06. The molecule has 1 aromatic carbocycles. The van der Waals surface area contributed by atoms with Gasteiger partial charge in [0.2, 0.25) is 0 Å². The van der Waals surface area contributed by atoms with Crippen molar-refractivity contribution >= 4 is 17.5 Å². The van der Waals surface area contributed by atoms with Crippen LogP contribution in [0.5, 0.6) is 5.75 Å². The summed E-state index contributed by atoms with van der Waals surface area (Å²) in [5, 5.41) is 5.53. The number of carbonyl (C=O) groups is 2. The van der Waals surface area contributed by atoms with Crippen LogP contribution in [0.4, 0.5) is 5.69 Å². The average molecular weight is 376 g/mol. The maximum atomic E-state index is 12.4. The number of aromatic nitrogens is 2. The number of ether oxygens (including phenoxy) is 1. The van der Waals surface area contributed by atoms with E-state index in [4.69, 9.17) is 4.74 Å². The van der Waals surface area contributed by atoms with E-state index in [1.54, 1.807) is 54.9 Å². The van der Waals surface area contributed by atoms with Crippen molar-refractivity contribution in [3.05, 3.63) is 83.9 Å². The Labute approximate surface area is 162 Å². The highest BCUT2D eigenvalue weighted by Gasteiger charge is 2.12. The summed E-state index contributed by atoms with van der Waals surface area (Å²) in [4.78, 5) is 32.9. The first-order chi connectivity index (χ1) is 13.7. The van der Waals surface area contributed by atoms with Gasteiger partial charge in [0.05, 0.1) is 6.61 Å². The highest BCUT2D eigenvalue weighted by molar-refractivity contribution is 6.03. The van der Waals surface area contributed by atoms with Gasteiger partial charge in [-0.3, -0.25) is 14.6 Å². The number of pyridine rings is 2. The molecule has 0 unspecified atom stereocenters. The van der Waals surface area contributed by atoms with E-state index in [1.165, 1.54) is 0 Å². The Morgan fingerprint density at radius 3 is 2.29 bits per heavy atom. The van der Waals surface area contributed by atoms with Gasteiger partial charge >= 0.3 is 0 Å². The van der Waals surface area contributed by atoms with Gasteiger partial charge in [-0.25, -0.2) is 4.98 Å². The monoisotopic (exact) mass is 376 g/mol. The lowest BCUT2D eigenvalue weighted by Gasteiger charge is -2.08. The Kier molecular flexibility index (Phi) is 6.30. The number of anilines is 1. The van der Waals surface area contributed by atoms with Crippen LogP contribution >= 0.6 is 0 Å². The third kappa shape index (κ3) is 5.14. The van der Waals surface area contributed by atoms with E-state index in [0.717, 1.165) is 11.3 Å². The molecule has 0 aliphatic heterocycles. The summed E-state index contributed by atoms with van der Waals surface area (Å²) >= 11 is 0. The number of amides is 2. The first-order valence-electron chi connectivity index (χ1n) is 8.84. The SMILES string of the molecule is CCOc1ccc(NC(=O)c2cccc(C(=O)NCc3ccncc3)n2)cc1. The summed E-state index contributed by atoms with van der Waals surface area (Å²) in [7, 11) is 0. The molecule has 0 radical (unpaired) electrons. The molecule has 0 bridgehead atoms. The van der Waals surface area contributed by atoms with Gasteiger partial charge in [0.1, 0.15) is 17.1 Å². The van der Waals surface area contributed by atoms with Crippen molar-refractivity contribution in [2.45, 2.75) is 13.5 Å². The molecule has 0 saturated carbocycles. The van der Waals surface area contributed by atoms with Gasteiger partial charge in [0.25, 0.3) is 11.8 Å². The minimum absolute atomic E-state index is 0.158. The third-order valence-electron chi connectivity index (χ3n) is 3.84. The molecular formula is C21H20N4O3. The van der Waals surface area contributed by atoms with Crippen LogP contribution in [0.25, 0.3) is 0 Å². The Morgan fingerprint density at radius 1 is 0.929 bits per heavy atom. The average Bonchev–Trinajstić information content (AvgIpc) is 2.74. The molecule has 0 fully saturated rings. The Balaban J connectivity index is 1.63. The first kappa shape index (κ1) is 19.0. The summed E-state index contributed by atoms with van der Waals surface area (Å²) in [6, 6.07) is 15.4. The molecule has 2 heterocycles. The second kappa shape index (κ2) is 9.27. The first-order valence-corrected chi connectivity index (χ1v) is 8.84. The number of rotatable bonds is 7. The lowest BCUT2D eigenvalue weighted by atomic mass is 10.2. The molecule has 3 aromatic rings. The van der Waals surface area contributed by atoms with Crippen molar-refractivity contribution in [1.82, 2.24) is 15.3 Å². The van der Waals surface area contributed by atoms with Crippen molar-refractivity contribution in [3.8, 4) is 5.75 Å². The molecule has 0 spiro atoms. The smallest absolute Gasteiger partial charge is 0.274 e. The zero-order valence-electron chi connectivity index (χ0n) is 15.4. The summed E-state index contributed by atoms with van der Waals surface area (Å²) < 4.78 is 5.37. The lowest BCUT2D eigenvalue weighted by Crippen LogP contribution is -2.25. The number of nitrogens with one attached hydrogen (secondary N) is 2. The van der Waals surface area contributed by atoms with Crippen LogP contribution < -0.4 is 15.4 Å². The van der Waals surface area contributed by atoms with Gasteiger partial charge in [-0.2, -0.15) is 0 Å². The standard InChI is InChI=1S/C21H20N4O3/c1-2-28-17-8-6-16(7-9-17)24-21(27)19-5-3-4-18(25-19)20(26)23-14-15-10-12-22-13-11-15/h3-13H,2,14H2,1H3,(H,23,26)(H,24,27). The number of hydrogen-bond acceptors (Lipinski definition) is 5. The van der Waals surface area contributed by atoms with Crippen LogP contribution in [0.3, 0.4) is 0 Å². The van der Waals surface area contributed by atoms with Crippen molar-refractivity contribution in [3.63, 3.8) is 0 Å². The van der Waals surface area contributed by atoms with Crippen LogP contribution in [-0.4, -0.2) is 28.4 Å². The van der Waals surface area contributed by atoms with Gasteiger partial charge in [-0.1, -0.05) is 6.07 Å². The molecule has 28 heavy (non-hydrogen) atoms. The summed E-state index contributed by atoms with van der Waals surface area (Å²) in [5.74, 6) is -0.0213. The van der Waals surface area contributed by atoms with E-state index in [9.17, 15) is 9.59 Å². The fraction of sp³-hybridized carbons (Fsp3) is 0.143. The van der Waals surface area contributed by atoms with E-state index >= 15 is 0 Å². The molecule has 2 N–H and O–H groups in total. The van der Waals surface area contributed by atoms with Crippen LogP contribution in [0.1, 0.15) is 33.5 Å².